The Labute approximate surface area is 308 Å². The van der Waals surface area contributed by atoms with Gasteiger partial charge in [-0.05, 0) is 68.5 Å². The van der Waals surface area contributed by atoms with Crippen LogP contribution in [-0.4, -0.2) is 47.8 Å². The Bertz CT molecular complexity index is 2280. The number of pyridine rings is 1. The van der Waals surface area contributed by atoms with Crippen molar-refractivity contribution in [1.82, 2.24) is 34.6 Å². The van der Waals surface area contributed by atoms with Crippen molar-refractivity contribution in [1.29, 1.82) is 0 Å². The monoisotopic (exact) mass is 774 g/mol. The molecule has 0 aliphatic heterocycles. The number of fused-ring (bicyclic) bond motifs is 2. The van der Waals surface area contributed by atoms with Gasteiger partial charge in [0, 0.05) is 60.3 Å². The lowest BCUT2D eigenvalue weighted by Gasteiger charge is -2.23. The van der Waals surface area contributed by atoms with Gasteiger partial charge in [-0.15, -0.1) is 0 Å². The summed E-state index contributed by atoms with van der Waals surface area (Å²) in [4.78, 5) is 18.6. The standard InChI is InChI=1S/C36H33F7N8O2S/c1-5-44-54-49-32-25-8-6-7-24(29(25)50(4)48-32)23-10-9-22(11-13-34(2,3)53)45-28(23)27(17-19-15-20(37)18-21(38)16-19)46-33(52)51-31-26(12-14-35(31,39)40)30(47-51)36(41,42)43/h6-10,15-16,18,27,44,53H,5,12,14,17H2,1-4H3,(H,46,52)(H,48,49). The molecule has 0 radical (unpaired) electrons. The molecule has 2 aromatic carbocycles. The fourth-order valence-electron chi connectivity index (χ4n) is 6.27. The lowest BCUT2D eigenvalue weighted by Crippen LogP contribution is -2.37. The molecule has 1 aliphatic carbocycles. The maximum absolute atomic E-state index is 15.1. The summed E-state index contributed by atoms with van der Waals surface area (Å²) in [7, 11) is 1.69. The number of nitrogens with zero attached hydrogens (tertiary/aromatic N) is 5. The van der Waals surface area contributed by atoms with Crippen molar-refractivity contribution < 1.29 is 40.6 Å². The smallest absolute Gasteiger partial charge is 0.378 e. The Hall–Kier alpha value is -5.12. The molecule has 3 aromatic heterocycles. The molecule has 0 saturated carbocycles. The SMILES string of the molecule is CCNSNc1nn(C)c2c(-c3ccc(C#CC(C)(C)O)nc3C(Cc3cc(F)cc(F)c3)NC(=O)n3nc(C(F)(F)F)c4c3C(F)(F)CC4)cccc12. The van der Waals surface area contributed by atoms with Crippen LogP contribution in [0.5, 0.6) is 0 Å². The van der Waals surface area contributed by atoms with Gasteiger partial charge in [-0.1, -0.05) is 25.0 Å². The van der Waals surface area contributed by atoms with E-state index < -0.39 is 77.6 Å². The van der Waals surface area contributed by atoms with E-state index in [1.807, 2.05) is 13.0 Å². The number of para-hydroxylation sites is 1. The minimum absolute atomic E-state index is 0.00351. The molecule has 10 nitrogen and oxygen atoms in total. The zero-order valence-corrected chi connectivity index (χ0v) is 30.0. The van der Waals surface area contributed by atoms with Crippen LogP contribution in [0.1, 0.15) is 67.1 Å². The summed E-state index contributed by atoms with van der Waals surface area (Å²) >= 11 is 1.21. The van der Waals surface area contributed by atoms with Crippen LogP contribution >= 0.6 is 12.1 Å². The summed E-state index contributed by atoms with van der Waals surface area (Å²) in [5.41, 5.74) is -3.57. The highest BCUT2D eigenvalue weighted by atomic mass is 32.2. The first-order valence-corrected chi connectivity index (χ1v) is 17.4. The molecule has 1 amide bonds. The van der Waals surface area contributed by atoms with E-state index in [0.717, 1.165) is 12.1 Å². The number of carbonyl (C=O) groups is 1. The second-order valence-electron chi connectivity index (χ2n) is 13.1. The predicted molar refractivity (Wildman–Crippen MR) is 188 cm³/mol. The highest BCUT2D eigenvalue weighted by molar-refractivity contribution is 7.98. The number of amides is 1. The predicted octanol–water partition coefficient (Wildman–Crippen LogP) is 7.42. The normalized spacial score (nSPS) is 14.4. The number of hydrogen-bond donors (Lipinski definition) is 4. The number of benzene rings is 2. The van der Waals surface area contributed by atoms with Crippen molar-refractivity contribution in [3.8, 4) is 23.0 Å². The first kappa shape index (κ1) is 38.6. The summed E-state index contributed by atoms with van der Waals surface area (Å²) < 4.78 is 109. The highest BCUT2D eigenvalue weighted by Gasteiger charge is 2.51. The summed E-state index contributed by atoms with van der Waals surface area (Å²) in [5, 5.41) is 21.3. The topological polar surface area (TPSA) is 122 Å². The first-order chi connectivity index (χ1) is 25.4. The lowest BCUT2D eigenvalue weighted by atomic mass is 9.94. The fourth-order valence-corrected chi connectivity index (χ4v) is 6.73. The van der Waals surface area contributed by atoms with Gasteiger partial charge in [-0.3, -0.25) is 9.40 Å². The van der Waals surface area contributed by atoms with Crippen molar-refractivity contribution in [2.45, 2.75) is 63.8 Å². The van der Waals surface area contributed by atoms with Crippen molar-refractivity contribution in [2.24, 2.45) is 7.05 Å². The molecule has 1 unspecified atom stereocenters. The summed E-state index contributed by atoms with van der Waals surface area (Å²) in [6.45, 7) is 5.45. The van der Waals surface area contributed by atoms with E-state index in [2.05, 4.69) is 41.8 Å². The number of aryl methyl sites for hydroxylation is 1. The number of alkyl halides is 5. The van der Waals surface area contributed by atoms with Gasteiger partial charge < -0.3 is 10.4 Å². The molecular weight excluding hydrogens is 742 g/mol. The van der Waals surface area contributed by atoms with Gasteiger partial charge in [-0.2, -0.15) is 36.8 Å². The maximum atomic E-state index is 15.1. The van der Waals surface area contributed by atoms with E-state index in [4.69, 9.17) is 0 Å². The zero-order valence-electron chi connectivity index (χ0n) is 29.2. The molecule has 6 rings (SSSR count). The molecule has 0 saturated heterocycles. The highest BCUT2D eigenvalue weighted by Crippen LogP contribution is 2.46. The van der Waals surface area contributed by atoms with Crippen LogP contribution in [0.4, 0.5) is 41.3 Å². The molecule has 3 heterocycles. The fraction of sp³-hybridized carbons (Fsp3) is 0.333. The number of hydrogen-bond acceptors (Lipinski definition) is 8. The Balaban J connectivity index is 1.56. The largest absolute Gasteiger partial charge is 0.435 e. The number of rotatable bonds is 9. The van der Waals surface area contributed by atoms with E-state index in [1.165, 1.54) is 32.0 Å². The number of aliphatic hydroxyl groups is 1. The van der Waals surface area contributed by atoms with Crippen LogP contribution in [0.2, 0.25) is 0 Å². The Morgan fingerprint density at radius 2 is 1.80 bits per heavy atom. The lowest BCUT2D eigenvalue weighted by molar-refractivity contribution is -0.142. The van der Waals surface area contributed by atoms with E-state index >= 15 is 8.78 Å². The van der Waals surface area contributed by atoms with Gasteiger partial charge in [0.1, 0.15) is 28.6 Å². The molecule has 1 aliphatic rings. The van der Waals surface area contributed by atoms with Gasteiger partial charge in [-0.25, -0.2) is 23.3 Å². The van der Waals surface area contributed by atoms with Crippen LogP contribution in [0, 0.1) is 23.5 Å². The number of anilines is 1. The van der Waals surface area contributed by atoms with Crippen LogP contribution in [0.3, 0.4) is 0 Å². The zero-order chi connectivity index (χ0) is 39.2. The second-order valence-corrected chi connectivity index (χ2v) is 13.8. The van der Waals surface area contributed by atoms with E-state index in [-0.39, 0.29) is 21.6 Å². The Morgan fingerprint density at radius 1 is 1.07 bits per heavy atom. The summed E-state index contributed by atoms with van der Waals surface area (Å²) in [6.07, 6.45) is -7.18. The van der Waals surface area contributed by atoms with Crippen molar-refractivity contribution in [3.05, 3.63) is 94.1 Å². The number of aromatic nitrogens is 5. The van der Waals surface area contributed by atoms with E-state index in [0.29, 0.717) is 40.5 Å². The summed E-state index contributed by atoms with van der Waals surface area (Å²) in [5.74, 6) is 0.158. The molecule has 54 heavy (non-hydrogen) atoms. The van der Waals surface area contributed by atoms with Gasteiger partial charge in [0.15, 0.2) is 11.5 Å². The van der Waals surface area contributed by atoms with Crippen molar-refractivity contribution in [3.63, 3.8) is 0 Å². The van der Waals surface area contributed by atoms with Gasteiger partial charge in [0.05, 0.1) is 17.3 Å². The Kier molecular flexibility index (Phi) is 10.4. The van der Waals surface area contributed by atoms with Gasteiger partial charge in [0.2, 0.25) is 0 Å². The van der Waals surface area contributed by atoms with Crippen molar-refractivity contribution in [2.75, 3.05) is 11.3 Å². The molecule has 0 spiro atoms. The second kappa shape index (κ2) is 14.6. The molecule has 5 aromatic rings. The Morgan fingerprint density at radius 3 is 2.46 bits per heavy atom. The minimum atomic E-state index is -5.14. The third kappa shape index (κ3) is 8.03. The van der Waals surface area contributed by atoms with Crippen LogP contribution in [0.15, 0.2) is 48.5 Å². The van der Waals surface area contributed by atoms with Crippen molar-refractivity contribution >= 4 is 34.9 Å². The number of nitrogens with one attached hydrogen (secondary N) is 3. The maximum Gasteiger partial charge on any atom is 0.435 e. The van der Waals surface area contributed by atoms with E-state index in [1.54, 1.807) is 29.9 Å². The molecule has 18 heteroatoms. The van der Waals surface area contributed by atoms with E-state index in [9.17, 15) is 31.9 Å². The average Bonchev–Trinajstić information content (AvgIpc) is 3.74. The molecule has 0 fully saturated rings. The summed E-state index contributed by atoms with van der Waals surface area (Å²) in [6, 6.07) is 8.11. The molecule has 1 atom stereocenters. The van der Waals surface area contributed by atoms with Crippen LogP contribution in [0.25, 0.3) is 22.0 Å². The molecule has 284 valence electrons. The number of halogens is 7. The van der Waals surface area contributed by atoms with Gasteiger partial charge in [0.25, 0.3) is 5.92 Å². The molecule has 4 N–H and O–H groups in total. The first-order valence-electron chi connectivity index (χ1n) is 16.6. The molecule has 0 bridgehead atoms. The quantitative estimate of drug-likeness (QED) is 0.0529. The number of carbonyl (C=O) groups excluding carboxylic acids is 1. The minimum Gasteiger partial charge on any atom is -0.378 e. The molecular formula is C36H33F7N8O2S. The average molecular weight is 775 g/mol. The van der Waals surface area contributed by atoms with Crippen LogP contribution in [-0.2, 0) is 32.0 Å². The third-order valence-electron chi connectivity index (χ3n) is 8.41. The van der Waals surface area contributed by atoms with Gasteiger partial charge >= 0.3 is 12.2 Å². The van der Waals surface area contributed by atoms with Crippen LogP contribution < -0.4 is 14.8 Å². The third-order valence-corrected chi connectivity index (χ3v) is 9.14.